The van der Waals surface area contributed by atoms with Gasteiger partial charge >= 0.3 is 0 Å². The van der Waals surface area contributed by atoms with E-state index < -0.39 is 5.82 Å². The Labute approximate surface area is 154 Å². The quantitative estimate of drug-likeness (QED) is 0.427. The molecule has 0 bridgehead atoms. The van der Waals surface area contributed by atoms with Gasteiger partial charge in [0.05, 0.1) is 16.3 Å². The first-order chi connectivity index (χ1) is 11.9. The SMILES string of the molecule is CC/C(C(=N)c1c(F)cccc1Cl)=C(C)\C(C=N)=C(/C)NC1CCC1. The molecule has 1 aromatic carbocycles. The van der Waals surface area contributed by atoms with Crippen molar-refractivity contribution in [1.29, 1.82) is 10.8 Å². The summed E-state index contributed by atoms with van der Waals surface area (Å²) in [6, 6.07) is 4.91. The first kappa shape index (κ1) is 19.4. The number of rotatable bonds is 7. The summed E-state index contributed by atoms with van der Waals surface area (Å²) < 4.78 is 14.2. The van der Waals surface area contributed by atoms with Gasteiger partial charge in [-0.1, -0.05) is 24.6 Å². The lowest BCUT2D eigenvalue weighted by molar-refractivity contribution is 0.364. The molecular weight excluding hydrogens is 337 g/mol. The summed E-state index contributed by atoms with van der Waals surface area (Å²) in [7, 11) is 0. The first-order valence-electron chi connectivity index (χ1n) is 8.62. The van der Waals surface area contributed by atoms with Crippen LogP contribution >= 0.6 is 11.6 Å². The van der Waals surface area contributed by atoms with Crippen molar-refractivity contribution in [3.8, 4) is 0 Å². The van der Waals surface area contributed by atoms with Crippen molar-refractivity contribution in [2.24, 2.45) is 0 Å². The van der Waals surface area contributed by atoms with Crippen LogP contribution in [0.5, 0.6) is 0 Å². The summed E-state index contributed by atoms with van der Waals surface area (Å²) in [5.41, 5.74) is 3.39. The maximum atomic E-state index is 14.2. The number of hydrogen-bond donors (Lipinski definition) is 3. The van der Waals surface area contributed by atoms with Gasteiger partial charge in [0.15, 0.2) is 0 Å². The van der Waals surface area contributed by atoms with Gasteiger partial charge in [0.2, 0.25) is 0 Å². The molecule has 0 aliphatic heterocycles. The topological polar surface area (TPSA) is 59.7 Å². The van der Waals surface area contributed by atoms with Crippen LogP contribution in [-0.2, 0) is 0 Å². The number of allylic oxidation sites excluding steroid dienone is 4. The molecule has 5 heteroatoms. The standard InChI is InChI=1S/C20H25ClFN3/c1-4-15(20(24)19-17(21)9-6-10-18(19)22)12(2)16(11-23)13(3)25-14-7-5-8-14/h6,9-11,14,23-25H,4-5,7-8H2,1-3H3/b15-12+,16-13+,23-11?,24-20?. The van der Waals surface area contributed by atoms with Gasteiger partial charge in [0, 0.05) is 23.5 Å². The van der Waals surface area contributed by atoms with Gasteiger partial charge in [-0.05, 0) is 62.8 Å². The molecule has 1 aliphatic carbocycles. The van der Waals surface area contributed by atoms with Crippen LogP contribution < -0.4 is 5.32 Å². The van der Waals surface area contributed by atoms with Gasteiger partial charge in [-0.15, -0.1) is 0 Å². The number of halogens is 2. The van der Waals surface area contributed by atoms with Crippen molar-refractivity contribution in [1.82, 2.24) is 5.32 Å². The molecule has 1 aromatic rings. The van der Waals surface area contributed by atoms with E-state index in [2.05, 4.69) is 5.32 Å². The molecule has 3 N–H and O–H groups in total. The highest BCUT2D eigenvalue weighted by molar-refractivity contribution is 6.35. The van der Waals surface area contributed by atoms with E-state index in [9.17, 15) is 4.39 Å². The second kappa shape index (κ2) is 8.43. The zero-order valence-electron chi connectivity index (χ0n) is 15.0. The third-order valence-corrected chi connectivity index (χ3v) is 5.11. The molecule has 0 heterocycles. The fourth-order valence-corrected chi connectivity index (χ4v) is 3.37. The fourth-order valence-electron chi connectivity index (χ4n) is 3.11. The molecule has 25 heavy (non-hydrogen) atoms. The number of hydrogen-bond acceptors (Lipinski definition) is 3. The monoisotopic (exact) mass is 361 g/mol. The zero-order valence-corrected chi connectivity index (χ0v) is 15.7. The molecule has 0 atom stereocenters. The molecule has 0 saturated heterocycles. The molecule has 1 saturated carbocycles. The molecule has 1 aliphatic rings. The van der Waals surface area contributed by atoms with Gasteiger partial charge in [-0.2, -0.15) is 0 Å². The summed E-state index contributed by atoms with van der Waals surface area (Å²) in [5, 5.41) is 20.0. The van der Waals surface area contributed by atoms with E-state index in [1.807, 2.05) is 20.8 Å². The summed E-state index contributed by atoms with van der Waals surface area (Å²) >= 11 is 6.13. The van der Waals surface area contributed by atoms with Crippen LogP contribution in [0, 0.1) is 16.6 Å². The zero-order chi connectivity index (χ0) is 18.6. The molecule has 0 aromatic heterocycles. The van der Waals surface area contributed by atoms with Crippen molar-refractivity contribution in [3.05, 3.63) is 57.0 Å². The van der Waals surface area contributed by atoms with Crippen molar-refractivity contribution in [2.45, 2.75) is 52.5 Å². The van der Waals surface area contributed by atoms with Crippen LogP contribution in [0.25, 0.3) is 0 Å². The summed E-state index contributed by atoms with van der Waals surface area (Å²) in [6.07, 6.45) is 5.39. The summed E-state index contributed by atoms with van der Waals surface area (Å²) in [4.78, 5) is 0. The van der Waals surface area contributed by atoms with Crippen LogP contribution in [0.1, 0.15) is 52.0 Å². The van der Waals surface area contributed by atoms with E-state index in [1.165, 1.54) is 24.8 Å². The predicted molar refractivity (Wildman–Crippen MR) is 103 cm³/mol. The molecule has 134 valence electrons. The minimum absolute atomic E-state index is 0.0823. The fraction of sp³-hybridized carbons (Fsp3) is 0.400. The average Bonchev–Trinajstić information content (AvgIpc) is 2.52. The van der Waals surface area contributed by atoms with Crippen LogP contribution in [0.4, 0.5) is 4.39 Å². The molecule has 0 spiro atoms. The summed E-state index contributed by atoms with van der Waals surface area (Å²) in [5.74, 6) is -0.499. The van der Waals surface area contributed by atoms with Crippen molar-refractivity contribution < 1.29 is 4.39 Å². The van der Waals surface area contributed by atoms with Crippen molar-refractivity contribution in [3.63, 3.8) is 0 Å². The molecule has 2 rings (SSSR count). The predicted octanol–water partition coefficient (Wildman–Crippen LogP) is 5.64. The van der Waals surface area contributed by atoms with Gasteiger partial charge in [0.1, 0.15) is 5.82 Å². The summed E-state index contributed by atoms with van der Waals surface area (Å²) in [6.45, 7) is 5.77. The highest BCUT2D eigenvalue weighted by Crippen LogP contribution is 2.28. The van der Waals surface area contributed by atoms with E-state index in [1.54, 1.807) is 6.07 Å². The smallest absolute Gasteiger partial charge is 0.134 e. The van der Waals surface area contributed by atoms with Crippen molar-refractivity contribution >= 4 is 23.5 Å². The van der Waals surface area contributed by atoms with Crippen LogP contribution in [0.3, 0.4) is 0 Å². The normalized spacial score (nSPS) is 16.5. The van der Waals surface area contributed by atoms with Gasteiger partial charge in [-0.3, -0.25) is 5.41 Å². The highest BCUT2D eigenvalue weighted by atomic mass is 35.5. The van der Waals surface area contributed by atoms with Crippen molar-refractivity contribution in [2.75, 3.05) is 0 Å². The Balaban J connectivity index is 2.45. The Morgan fingerprint density at radius 2 is 2.04 bits per heavy atom. The first-order valence-corrected chi connectivity index (χ1v) is 8.99. The molecule has 0 unspecified atom stereocenters. The van der Waals surface area contributed by atoms with Crippen LogP contribution in [-0.4, -0.2) is 18.0 Å². The lowest BCUT2D eigenvalue weighted by Gasteiger charge is -2.29. The molecular formula is C20H25ClFN3. The van der Waals surface area contributed by atoms with E-state index in [0.717, 1.165) is 29.7 Å². The Hall–Kier alpha value is -1.94. The number of nitrogens with one attached hydrogen (secondary N) is 3. The molecule has 0 radical (unpaired) electrons. The lowest BCUT2D eigenvalue weighted by Crippen LogP contribution is -2.34. The lowest BCUT2D eigenvalue weighted by atomic mass is 9.90. The largest absolute Gasteiger partial charge is 0.385 e. The molecule has 0 amide bonds. The molecule has 3 nitrogen and oxygen atoms in total. The number of benzene rings is 1. The third kappa shape index (κ3) is 4.18. The van der Waals surface area contributed by atoms with Gasteiger partial charge < -0.3 is 10.7 Å². The average molecular weight is 362 g/mol. The maximum Gasteiger partial charge on any atom is 0.134 e. The van der Waals surface area contributed by atoms with Gasteiger partial charge in [0.25, 0.3) is 0 Å². The van der Waals surface area contributed by atoms with Crippen LogP contribution in [0.15, 0.2) is 40.6 Å². The van der Waals surface area contributed by atoms with E-state index in [-0.39, 0.29) is 16.3 Å². The van der Waals surface area contributed by atoms with Crippen LogP contribution in [0.2, 0.25) is 5.02 Å². The Bertz CT molecular complexity index is 725. The Morgan fingerprint density at radius 3 is 2.52 bits per heavy atom. The minimum Gasteiger partial charge on any atom is -0.385 e. The Morgan fingerprint density at radius 1 is 1.36 bits per heavy atom. The van der Waals surface area contributed by atoms with E-state index >= 15 is 0 Å². The second-order valence-electron chi connectivity index (χ2n) is 6.38. The highest BCUT2D eigenvalue weighted by Gasteiger charge is 2.21. The molecule has 1 fully saturated rings. The van der Waals surface area contributed by atoms with E-state index in [0.29, 0.717) is 18.0 Å². The second-order valence-corrected chi connectivity index (χ2v) is 6.79. The Kier molecular flexibility index (Phi) is 6.54. The van der Waals surface area contributed by atoms with Gasteiger partial charge in [-0.25, -0.2) is 4.39 Å². The maximum absolute atomic E-state index is 14.2. The minimum atomic E-state index is -0.499. The van der Waals surface area contributed by atoms with E-state index in [4.69, 9.17) is 22.4 Å². The third-order valence-electron chi connectivity index (χ3n) is 4.80.